The van der Waals surface area contributed by atoms with Crippen LogP contribution >= 0.6 is 7.60 Å². The molecule has 0 bridgehead atoms. The number of piperidine rings is 1. The number of amides is 1. The normalized spacial score (nSPS) is 19.1. The van der Waals surface area contributed by atoms with E-state index in [1.165, 1.54) is 5.06 Å². The molecule has 0 spiro atoms. The van der Waals surface area contributed by atoms with E-state index < -0.39 is 13.3 Å². The average Bonchev–Trinajstić information content (AvgIpc) is 2.55. The van der Waals surface area contributed by atoms with Crippen molar-refractivity contribution in [1.82, 2.24) is 5.06 Å². The fourth-order valence-corrected chi connectivity index (χ4v) is 4.61. The number of hydrogen-bond donors (Lipinski definition) is 0. The molecule has 1 aliphatic heterocycles. The van der Waals surface area contributed by atoms with E-state index in [0.29, 0.717) is 26.0 Å². The molecule has 0 N–H and O–H groups in total. The molecule has 0 aromatic heterocycles. The van der Waals surface area contributed by atoms with Gasteiger partial charge in [0.15, 0.2) is 0 Å². The molecule has 1 aromatic carbocycles. The maximum atomic E-state index is 12.9. The third-order valence-electron chi connectivity index (χ3n) is 3.60. The van der Waals surface area contributed by atoms with Crippen molar-refractivity contribution < 1.29 is 23.2 Å². The van der Waals surface area contributed by atoms with E-state index in [-0.39, 0.29) is 19.1 Å². The zero-order valence-electron chi connectivity index (χ0n) is 13.6. The van der Waals surface area contributed by atoms with Crippen LogP contribution in [-0.4, -0.2) is 36.4 Å². The Hall–Kier alpha value is -1.20. The summed E-state index contributed by atoms with van der Waals surface area (Å²) in [6.07, 6.45) is 1.19. The van der Waals surface area contributed by atoms with Gasteiger partial charge in [-0.1, -0.05) is 30.3 Å². The number of hydroxylamine groups is 2. The quantitative estimate of drug-likeness (QED) is 0.678. The SMILES string of the molecule is CCOP(=O)(OCC)C1CCCN(OCc2ccccc2)C1=O. The van der Waals surface area contributed by atoms with Crippen LogP contribution < -0.4 is 0 Å². The lowest BCUT2D eigenvalue weighted by Crippen LogP contribution is -2.44. The molecule has 1 amide bonds. The predicted molar refractivity (Wildman–Crippen MR) is 86.8 cm³/mol. The van der Waals surface area contributed by atoms with Crippen molar-refractivity contribution in [2.24, 2.45) is 0 Å². The van der Waals surface area contributed by atoms with Crippen molar-refractivity contribution in [3.8, 4) is 0 Å². The van der Waals surface area contributed by atoms with Crippen LogP contribution in [0.5, 0.6) is 0 Å². The largest absolute Gasteiger partial charge is 0.343 e. The number of carbonyl (C=O) groups is 1. The van der Waals surface area contributed by atoms with Gasteiger partial charge in [-0.3, -0.25) is 14.2 Å². The summed E-state index contributed by atoms with van der Waals surface area (Å²) in [7, 11) is -3.46. The minimum Gasteiger partial charge on any atom is -0.308 e. The van der Waals surface area contributed by atoms with E-state index in [2.05, 4.69) is 0 Å². The van der Waals surface area contributed by atoms with Gasteiger partial charge in [0, 0.05) is 6.54 Å². The zero-order valence-corrected chi connectivity index (χ0v) is 14.5. The van der Waals surface area contributed by atoms with Crippen molar-refractivity contribution in [1.29, 1.82) is 0 Å². The monoisotopic (exact) mass is 341 g/mol. The van der Waals surface area contributed by atoms with Gasteiger partial charge in [-0.25, -0.2) is 5.06 Å². The lowest BCUT2D eigenvalue weighted by atomic mass is 10.1. The highest BCUT2D eigenvalue weighted by molar-refractivity contribution is 7.55. The van der Waals surface area contributed by atoms with Crippen LogP contribution in [0, 0.1) is 0 Å². The van der Waals surface area contributed by atoms with Gasteiger partial charge in [-0.15, -0.1) is 0 Å². The van der Waals surface area contributed by atoms with Gasteiger partial charge < -0.3 is 9.05 Å². The van der Waals surface area contributed by atoms with Crippen LogP contribution in [0.4, 0.5) is 0 Å². The first-order valence-electron chi connectivity index (χ1n) is 7.97. The topological polar surface area (TPSA) is 65.1 Å². The number of carbonyl (C=O) groups excluding carboxylic acids is 1. The summed E-state index contributed by atoms with van der Waals surface area (Å²) in [5.74, 6) is -0.322. The van der Waals surface area contributed by atoms with Gasteiger partial charge in [0.1, 0.15) is 12.3 Å². The maximum absolute atomic E-state index is 12.9. The molecule has 1 unspecified atom stereocenters. The number of hydrogen-bond acceptors (Lipinski definition) is 5. The highest BCUT2D eigenvalue weighted by Crippen LogP contribution is 2.55. The van der Waals surface area contributed by atoms with Gasteiger partial charge >= 0.3 is 7.60 Å². The van der Waals surface area contributed by atoms with Gasteiger partial charge in [0.2, 0.25) is 0 Å². The number of benzene rings is 1. The molecule has 1 aromatic rings. The summed E-state index contributed by atoms with van der Waals surface area (Å²) in [6, 6.07) is 9.61. The predicted octanol–water partition coefficient (Wildman–Crippen LogP) is 3.38. The van der Waals surface area contributed by atoms with Crippen LogP contribution in [0.3, 0.4) is 0 Å². The summed E-state index contributed by atoms with van der Waals surface area (Å²) in [4.78, 5) is 18.2. The van der Waals surface area contributed by atoms with Crippen molar-refractivity contribution in [2.45, 2.75) is 39.0 Å². The maximum Gasteiger partial charge on any atom is 0.343 e. The lowest BCUT2D eigenvalue weighted by molar-refractivity contribution is -0.196. The fraction of sp³-hybridized carbons (Fsp3) is 0.562. The Bertz CT molecular complexity index is 541. The van der Waals surface area contributed by atoms with Crippen LogP contribution in [0.2, 0.25) is 0 Å². The van der Waals surface area contributed by atoms with Crippen LogP contribution in [0.15, 0.2) is 30.3 Å². The van der Waals surface area contributed by atoms with E-state index in [9.17, 15) is 9.36 Å². The molecule has 0 radical (unpaired) electrons. The first-order valence-corrected chi connectivity index (χ1v) is 9.59. The van der Waals surface area contributed by atoms with E-state index in [1.54, 1.807) is 13.8 Å². The standard InChI is InChI=1S/C16H24NO5P/c1-3-21-23(19,22-4-2)15-11-8-12-17(16(15)18)20-13-14-9-6-5-7-10-14/h5-7,9-10,15H,3-4,8,11-13H2,1-2H3. The molecule has 1 heterocycles. The molecule has 0 saturated carbocycles. The van der Waals surface area contributed by atoms with Crippen LogP contribution in [-0.2, 0) is 29.9 Å². The molecule has 1 atom stereocenters. The molecular weight excluding hydrogens is 317 g/mol. The number of rotatable bonds is 8. The first-order chi connectivity index (χ1) is 11.1. The lowest BCUT2D eigenvalue weighted by Gasteiger charge is -2.34. The van der Waals surface area contributed by atoms with E-state index in [1.807, 2.05) is 30.3 Å². The molecule has 6 nitrogen and oxygen atoms in total. The highest BCUT2D eigenvalue weighted by Gasteiger charge is 2.45. The van der Waals surface area contributed by atoms with E-state index in [4.69, 9.17) is 13.9 Å². The molecule has 1 fully saturated rings. The second kappa shape index (κ2) is 8.60. The summed E-state index contributed by atoms with van der Waals surface area (Å²) >= 11 is 0. The molecule has 0 aliphatic carbocycles. The Morgan fingerprint density at radius 3 is 2.43 bits per heavy atom. The van der Waals surface area contributed by atoms with Gasteiger partial charge in [0.25, 0.3) is 5.91 Å². The molecule has 1 saturated heterocycles. The molecule has 128 valence electrons. The minimum absolute atomic E-state index is 0.242. The van der Waals surface area contributed by atoms with Crippen LogP contribution in [0.25, 0.3) is 0 Å². The Morgan fingerprint density at radius 2 is 1.83 bits per heavy atom. The molecule has 7 heteroatoms. The molecular formula is C16H24NO5P. The van der Waals surface area contributed by atoms with Gasteiger partial charge in [-0.2, -0.15) is 0 Å². The van der Waals surface area contributed by atoms with Crippen molar-refractivity contribution in [2.75, 3.05) is 19.8 Å². The summed E-state index contributed by atoms with van der Waals surface area (Å²) < 4.78 is 23.5. The minimum atomic E-state index is -3.46. The third-order valence-corrected chi connectivity index (χ3v) is 6.08. The molecule has 2 rings (SSSR count). The smallest absolute Gasteiger partial charge is 0.308 e. The van der Waals surface area contributed by atoms with Gasteiger partial charge in [0.05, 0.1) is 13.2 Å². The third kappa shape index (κ3) is 4.64. The number of nitrogens with zero attached hydrogens (tertiary/aromatic N) is 1. The second-order valence-electron chi connectivity index (χ2n) is 5.23. The second-order valence-corrected chi connectivity index (χ2v) is 7.45. The van der Waals surface area contributed by atoms with Crippen molar-refractivity contribution >= 4 is 13.5 Å². The summed E-state index contributed by atoms with van der Waals surface area (Å²) in [6.45, 7) is 4.75. The van der Waals surface area contributed by atoms with Crippen molar-refractivity contribution in [3.05, 3.63) is 35.9 Å². The fourth-order valence-electron chi connectivity index (χ4n) is 2.55. The molecule has 1 aliphatic rings. The average molecular weight is 341 g/mol. The Labute approximate surface area is 137 Å². The Morgan fingerprint density at radius 1 is 1.17 bits per heavy atom. The van der Waals surface area contributed by atoms with E-state index >= 15 is 0 Å². The van der Waals surface area contributed by atoms with Crippen molar-refractivity contribution in [3.63, 3.8) is 0 Å². The summed E-state index contributed by atoms with van der Waals surface area (Å²) in [5.41, 5.74) is 0.187. The Kier molecular flexibility index (Phi) is 6.78. The Balaban J connectivity index is 2.03. The first kappa shape index (κ1) is 18.1. The van der Waals surface area contributed by atoms with Gasteiger partial charge in [-0.05, 0) is 32.3 Å². The summed E-state index contributed by atoms with van der Waals surface area (Å²) in [5, 5.41) is 1.30. The zero-order chi connectivity index (χ0) is 16.7. The molecule has 23 heavy (non-hydrogen) atoms. The van der Waals surface area contributed by atoms with E-state index in [0.717, 1.165) is 5.56 Å². The highest BCUT2D eigenvalue weighted by atomic mass is 31.2. The van der Waals surface area contributed by atoms with Crippen LogP contribution in [0.1, 0.15) is 32.3 Å².